The number of nitro groups is 1. The predicted octanol–water partition coefficient (Wildman–Crippen LogP) is 3.55. The predicted molar refractivity (Wildman–Crippen MR) is 107 cm³/mol. The highest BCUT2D eigenvalue weighted by Crippen LogP contribution is 2.25. The largest absolute Gasteiger partial charge is 0.349 e. The van der Waals surface area contributed by atoms with Gasteiger partial charge in [-0.15, -0.1) is 0 Å². The molecular weight excluding hydrogens is 374 g/mol. The minimum Gasteiger partial charge on any atom is -0.349 e. The molecule has 0 aliphatic carbocycles. The molecule has 136 valence electrons. The van der Waals surface area contributed by atoms with Crippen LogP contribution in [0.5, 0.6) is 0 Å². The first-order valence-electron chi connectivity index (χ1n) is 8.20. The second kappa shape index (κ2) is 8.29. The molecule has 0 amide bonds. The molecule has 0 saturated carbocycles. The summed E-state index contributed by atoms with van der Waals surface area (Å²) >= 11 is 11.4. The van der Waals surface area contributed by atoms with Crippen LogP contribution in [0.1, 0.15) is 6.42 Å². The maximum atomic E-state index is 11.2. The van der Waals surface area contributed by atoms with Crippen molar-refractivity contribution in [3.8, 4) is 0 Å². The molecule has 7 nitrogen and oxygen atoms in total. The van der Waals surface area contributed by atoms with E-state index in [1.165, 1.54) is 6.07 Å². The van der Waals surface area contributed by atoms with E-state index in [4.69, 9.17) is 23.8 Å². The number of hydrogen-bond donors (Lipinski definition) is 1. The minimum atomic E-state index is -0.391. The molecule has 1 aliphatic rings. The molecular formula is C17H18ClN5O2S. The smallest absolute Gasteiger partial charge is 0.311 e. The Hall–Kier alpha value is -2.45. The van der Waals surface area contributed by atoms with Gasteiger partial charge in [0, 0.05) is 49.2 Å². The van der Waals surface area contributed by atoms with Crippen LogP contribution in [0.15, 0.2) is 42.6 Å². The van der Waals surface area contributed by atoms with Gasteiger partial charge in [-0.05, 0) is 49.0 Å². The van der Waals surface area contributed by atoms with E-state index < -0.39 is 4.92 Å². The lowest BCUT2D eigenvalue weighted by Gasteiger charge is -2.25. The second-order valence-electron chi connectivity index (χ2n) is 5.87. The van der Waals surface area contributed by atoms with Crippen LogP contribution < -0.4 is 10.2 Å². The Balaban J connectivity index is 1.66. The fourth-order valence-corrected chi connectivity index (χ4v) is 3.27. The van der Waals surface area contributed by atoms with Gasteiger partial charge in [-0.1, -0.05) is 11.6 Å². The fraction of sp³-hybridized carbons (Fsp3) is 0.294. The zero-order chi connectivity index (χ0) is 18.5. The highest BCUT2D eigenvalue weighted by atomic mass is 35.5. The molecule has 1 aliphatic heterocycles. The highest BCUT2D eigenvalue weighted by molar-refractivity contribution is 7.80. The quantitative estimate of drug-likeness (QED) is 0.487. The van der Waals surface area contributed by atoms with Crippen molar-refractivity contribution in [1.29, 1.82) is 0 Å². The summed E-state index contributed by atoms with van der Waals surface area (Å²) in [6, 6.07) is 10.4. The van der Waals surface area contributed by atoms with Crippen molar-refractivity contribution < 1.29 is 4.92 Å². The van der Waals surface area contributed by atoms with Crippen LogP contribution in [-0.4, -0.2) is 46.1 Å². The molecule has 26 heavy (non-hydrogen) atoms. The number of hydrogen-bond acceptors (Lipinski definition) is 5. The molecule has 1 N–H and O–H groups in total. The third kappa shape index (κ3) is 4.39. The van der Waals surface area contributed by atoms with Crippen molar-refractivity contribution in [2.24, 2.45) is 0 Å². The molecule has 0 spiro atoms. The number of anilines is 2. The molecule has 0 bridgehead atoms. The van der Waals surface area contributed by atoms with Crippen molar-refractivity contribution in [2.75, 3.05) is 36.4 Å². The van der Waals surface area contributed by atoms with E-state index >= 15 is 0 Å². The van der Waals surface area contributed by atoms with E-state index in [9.17, 15) is 10.1 Å². The third-order valence-electron chi connectivity index (χ3n) is 4.14. The number of pyridine rings is 1. The monoisotopic (exact) mass is 391 g/mol. The lowest BCUT2D eigenvalue weighted by Crippen LogP contribution is -2.38. The number of halogens is 1. The van der Waals surface area contributed by atoms with Gasteiger partial charge in [0.15, 0.2) is 5.11 Å². The maximum absolute atomic E-state index is 11.2. The van der Waals surface area contributed by atoms with Gasteiger partial charge >= 0.3 is 5.69 Å². The molecule has 0 unspecified atom stereocenters. The van der Waals surface area contributed by atoms with Gasteiger partial charge in [0.2, 0.25) is 5.82 Å². The fourth-order valence-electron chi connectivity index (χ4n) is 2.84. The first-order chi connectivity index (χ1) is 12.5. The first kappa shape index (κ1) is 18.3. The summed E-state index contributed by atoms with van der Waals surface area (Å²) in [4.78, 5) is 19.1. The first-order valence-corrected chi connectivity index (χ1v) is 8.99. The van der Waals surface area contributed by atoms with Gasteiger partial charge in [0.25, 0.3) is 0 Å². The Morgan fingerprint density at radius 2 is 1.96 bits per heavy atom. The van der Waals surface area contributed by atoms with E-state index in [0.717, 1.165) is 18.7 Å². The van der Waals surface area contributed by atoms with Crippen LogP contribution in [0, 0.1) is 10.1 Å². The molecule has 1 aromatic carbocycles. The summed E-state index contributed by atoms with van der Waals surface area (Å²) in [5.74, 6) is 0.413. The SMILES string of the molecule is O=[N+]([O-])c1cccnc1N1CCCN(C(=S)Nc2ccc(Cl)cc2)CC1. The number of aromatic nitrogens is 1. The minimum absolute atomic E-state index is 0.0304. The summed E-state index contributed by atoms with van der Waals surface area (Å²) in [6.07, 6.45) is 2.41. The van der Waals surface area contributed by atoms with E-state index in [1.807, 2.05) is 17.0 Å². The van der Waals surface area contributed by atoms with Crippen LogP contribution in [-0.2, 0) is 0 Å². The van der Waals surface area contributed by atoms with Crippen LogP contribution in [0.2, 0.25) is 5.02 Å². The summed E-state index contributed by atoms with van der Waals surface area (Å²) in [5, 5.41) is 15.7. The van der Waals surface area contributed by atoms with Crippen LogP contribution in [0.4, 0.5) is 17.2 Å². The van der Waals surface area contributed by atoms with Crippen molar-refractivity contribution in [3.05, 3.63) is 57.7 Å². The van der Waals surface area contributed by atoms with Crippen molar-refractivity contribution in [3.63, 3.8) is 0 Å². The van der Waals surface area contributed by atoms with E-state index in [2.05, 4.69) is 15.2 Å². The van der Waals surface area contributed by atoms with Gasteiger partial charge in [0.05, 0.1) is 4.92 Å². The maximum Gasteiger partial charge on any atom is 0.311 e. The molecule has 2 heterocycles. The molecule has 1 saturated heterocycles. The Kier molecular flexibility index (Phi) is 5.85. The van der Waals surface area contributed by atoms with Gasteiger partial charge in [-0.25, -0.2) is 4.98 Å². The molecule has 0 atom stereocenters. The zero-order valence-corrected chi connectivity index (χ0v) is 15.5. The lowest BCUT2D eigenvalue weighted by atomic mass is 10.3. The summed E-state index contributed by atoms with van der Waals surface area (Å²) in [7, 11) is 0. The Bertz CT molecular complexity index is 802. The number of thiocarbonyl (C=S) groups is 1. The lowest BCUT2D eigenvalue weighted by molar-refractivity contribution is -0.384. The molecule has 1 fully saturated rings. The number of rotatable bonds is 3. The van der Waals surface area contributed by atoms with Crippen LogP contribution in [0.3, 0.4) is 0 Å². The average molecular weight is 392 g/mol. The summed E-state index contributed by atoms with van der Waals surface area (Å²) < 4.78 is 0. The summed E-state index contributed by atoms with van der Waals surface area (Å²) in [6.45, 7) is 2.74. The van der Waals surface area contributed by atoms with Gasteiger partial charge in [-0.3, -0.25) is 10.1 Å². The van der Waals surface area contributed by atoms with Crippen LogP contribution in [0.25, 0.3) is 0 Å². The summed E-state index contributed by atoms with van der Waals surface area (Å²) in [5.41, 5.74) is 0.906. The molecule has 9 heteroatoms. The van der Waals surface area contributed by atoms with Crippen molar-refractivity contribution in [2.45, 2.75) is 6.42 Å². The number of benzene rings is 1. The van der Waals surface area contributed by atoms with Gasteiger partial charge in [-0.2, -0.15) is 0 Å². The van der Waals surface area contributed by atoms with Crippen molar-refractivity contribution >= 4 is 46.1 Å². The third-order valence-corrected chi connectivity index (χ3v) is 4.75. The van der Waals surface area contributed by atoms with E-state index in [0.29, 0.717) is 35.6 Å². The Morgan fingerprint density at radius 1 is 1.19 bits per heavy atom. The topological polar surface area (TPSA) is 74.5 Å². The standard InChI is InChI=1S/C17H18ClN5O2S/c18-13-4-6-14(7-5-13)20-17(26)22-10-2-9-21(11-12-22)16-15(23(24)25)3-1-8-19-16/h1,3-8H,2,9-12H2,(H,20,26). The molecule has 2 aromatic rings. The number of nitrogens with one attached hydrogen (secondary N) is 1. The normalized spacial score (nSPS) is 14.7. The van der Waals surface area contributed by atoms with Crippen LogP contribution >= 0.6 is 23.8 Å². The van der Waals surface area contributed by atoms with Gasteiger partial charge in [0.1, 0.15) is 0 Å². The number of nitrogens with zero attached hydrogens (tertiary/aromatic N) is 4. The van der Waals surface area contributed by atoms with Gasteiger partial charge < -0.3 is 15.1 Å². The Morgan fingerprint density at radius 3 is 2.69 bits per heavy atom. The van der Waals surface area contributed by atoms with Crippen molar-refractivity contribution in [1.82, 2.24) is 9.88 Å². The molecule has 3 rings (SSSR count). The second-order valence-corrected chi connectivity index (χ2v) is 6.69. The average Bonchev–Trinajstić information content (AvgIpc) is 2.90. The Labute approximate surface area is 161 Å². The highest BCUT2D eigenvalue weighted by Gasteiger charge is 2.24. The zero-order valence-electron chi connectivity index (χ0n) is 14.0. The van der Waals surface area contributed by atoms with E-state index in [1.54, 1.807) is 24.4 Å². The molecule has 1 aromatic heterocycles. The van der Waals surface area contributed by atoms with E-state index in [-0.39, 0.29) is 5.69 Å². The molecule has 0 radical (unpaired) electrons.